The molecule has 0 atom stereocenters. The third-order valence-corrected chi connectivity index (χ3v) is 5.94. The maximum absolute atomic E-state index is 5.73. The molecule has 0 fully saturated rings. The van der Waals surface area contributed by atoms with Gasteiger partial charge in [0, 0.05) is 0 Å². The minimum absolute atomic E-state index is 0.299. The highest BCUT2D eigenvalue weighted by atomic mass is 16.5. The van der Waals surface area contributed by atoms with Crippen molar-refractivity contribution in [2.45, 2.75) is 87.5 Å². The molecule has 0 spiro atoms. The molecule has 1 nitrogen and oxygen atoms in total. The van der Waals surface area contributed by atoms with Crippen molar-refractivity contribution in [2.24, 2.45) is 5.41 Å². The fourth-order valence-corrected chi connectivity index (χ4v) is 3.85. The van der Waals surface area contributed by atoms with Crippen LogP contribution in [0.15, 0.2) is 82.0 Å². The zero-order valence-corrected chi connectivity index (χ0v) is 21.5. The van der Waals surface area contributed by atoms with E-state index in [9.17, 15) is 0 Å². The van der Waals surface area contributed by atoms with E-state index in [1.165, 1.54) is 47.1 Å². The molecular formula is C30H46O. The van der Waals surface area contributed by atoms with Crippen molar-refractivity contribution in [1.29, 1.82) is 0 Å². The van der Waals surface area contributed by atoms with Gasteiger partial charge in [-0.1, -0.05) is 90.3 Å². The van der Waals surface area contributed by atoms with Crippen LogP contribution in [0.3, 0.4) is 0 Å². The van der Waals surface area contributed by atoms with Gasteiger partial charge >= 0.3 is 0 Å². The van der Waals surface area contributed by atoms with Crippen LogP contribution in [0.5, 0.6) is 0 Å². The van der Waals surface area contributed by atoms with Crippen molar-refractivity contribution >= 4 is 0 Å². The molecule has 1 aliphatic rings. The molecule has 0 unspecified atom stereocenters. The topological polar surface area (TPSA) is 9.23 Å². The smallest absolute Gasteiger partial charge is 0.0657 e. The van der Waals surface area contributed by atoms with Gasteiger partial charge < -0.3 is 4.74 Å². The summed E-state index contributed by atoms with van der Waals surface area (Å²) in [5, 5.41) is 0. The Morgan fingerprint density at radius 3 is 2.32 bits per heavy atom. The molecule has 31 heavy (non-hydrogen) atoms. The first-order valence-electron chi connectivity index (χ1n) is 11.9. The van der Waals surface area contributed by atoms with Gasteiger partial charge in [-0.15, -0.1) is 0 Å². The highest BCUT2D eigenvalue weighted by Crippen LogP contribution is 2.40. The molecule has 172 valence electrons. The van der Waals surface area contributed by atoms with E-state index < -0.39 is 0 Å². The Morgan fingerprint density at radius 2 is 1.65 bits per heavy atom. The number of hydrogen-bond donors (Lipinski definition) is 0. The Balaban J connectivity index is 2.44. The molecule has 1 aliphatic carbocycles. The fraction of sp³-hybridized carbons (Fsp3) is 0.533. The van der Waals surface area contributed by atoms with Crippen LogP contribution in [0, 0.1) is 5.41 Å². The SMILES string of the molecule is CC(C)=CCC/C(C)=C/COC/C=C(C)/C=C/C=C(C)/C=C/C1=C(C)CCCC1(C)C. The Bertz CT molecular complexity index is 771. The minimum Gasteiger partial charge on any atom is -0.373 e. The van der Waals surface area contributed by atoms with E-state index in [0.717, 1.165) is 12.8 Å². The minimum atomic E-state index is 0.299. The van der Waals surface area contributed by atoms with Crippen molar-refractivity contribution in [2.75, 3.05) is 13.2 Å². The normalized spacial score (nSPS) is 18.4. The highest BCUT2D eigenvalue weighted by Gasteiger charge is 2.26. The van der Waals surface area contributed by atoms with Crippen molar-refractivity contribution in [3.63, 3.8) is 0 Å². The van der Waals surface area contributed by atoms with Crippen LogP contribution in [0.2, 0.25) is 0 Å². The van der Waals surface area contributed by atoms with Crippen LogP contribution in [0.25, 0.3) is 0 Å². The van der Waals surface area contributed by atoms with E-state index >= 15 is 0 Å². The monoisotopic (exact) mass is 422 g/mol. The summed E-state index contributed by atoms with van der Waals surface area (Å²) >= 11 is 0. The molecule has 0 aromatic heterocycles. The summed E-state index contributed by atoms with van der Waals surface area (Å²) in [5.41, 5.74) is 8.65. The summed E-state index contributed by atoms with van der Waals surface area (Å²) < 4.78 is 5.73. The number of allylic oxidation sites excluding steroid dienone is 12. The second-order valence-electron chi connectivity index (χ2n) is 9.89. The second kappa shape index (κ2) is 14.2. The largest absolute Gasteiger partial charge is 0.373 e. The Morgan fingerprint density at radius 1 is 0.935 bits per heavy atom. The molecule has 0 saturated heterocycles. The first-order valence-corrected chi connectivity index (χ1v) is 11.9. The number of ether oxygens (including phenoxy) is 1. The molecule has 0 bridgehead atoms. The van der Waals surface area contributed by atoms with E-state index in [4.69, 9.17) is 4.74 Å². The second-order valence-corrected chi connectivity index (χ2v) is 9.89. The van der Waals surface area contributed by atoms with Crippen LogP contribution in [-0.2, 0) is 4.74 Å². The molecule has 0 N–H and O–H groups in total. The molecule has 0 amide bonds. The lowest BCUT2D eigenvalue weighted by atomic mass is 9.72. The maximum atomic E-state index is 5.73. The third-order valence-electron chi connectivity index (χ3n) is 5.94. The van der Waals surface area contributed by atoms with Gasteiger partial charge in [-0.3, -0.25) is 0 Å². The number of hydrogen-bond acceptors (Lipinski definition) is 1. The van der Waals surface area contributed by atoms with E-state index in [1.807, 2.05) is 0 Å². The predicted octanol–water partition coefficient (Wildman–Crippen LogP) is 9.23. The molecule has 1 rings (SSSR count). The van der Waals surface area contributed by atoms with Gasteiger partial charge in [0.1, 0.15) is 0 Å². The molecule has 0 radical (unpaired) electrons. The summed E-state index contributed by atoms with van der Waals surface area (Å²) in [5.74, 6) is 0. The fourth-order valence-electron chi connectivity index (χ4n) is 3.85. The molecule has 0 aromatic carbocycles. The van der Waals surface area contributed by atoms with Crippen LogP contribution < -0.4 is 0 Å². The molecule has 1 heteroatoms. The summed E-state index contributed by atoms with van der Waals surface area (Å²) in [6, 6.07) is 0. The van der Waals surface area contributed by atoms with E-state index in [1.54, 1.807) is 5.57 Å². The maximum Gasteiger partial charge on any atom is 0.0657 e. The van der Waals surface area contributed by atoms with E-state index in [2.05, 4.69) is 104 Å². The quantitative estimate of drug-likeness (QED) is 0.183. The van der Waals surface area contributed by atoms with Gasteiger partial charge in [0.05, 0.1) is 13.2 Å². The molecule has 0 heterocycles. The molecule has 0 aliphatic heterocycles. The van der Waals surface area contributed by atoms with Gasteiger partial charge in [-0.2, -0.15) is 0 Å². The van der Waals surface area contributed by atoms with Gasteiger partial charge in [-0.25, -0.2) is 0 Å². The third kappa shape index (κ3) is 11.9. The van der Waals surface area contributed by atoms with Crippen LogP contribution >= 0.6 is 0 Å². The van der Waals surface area contributed by atoms with Gasteiger partial charge in [0.15, 0.2) is 0 Å². The standard InChI is InChI=1S/C30H46O/c1-24(2)12-9-13-26(4)19-22-31-23-20-27(5)15-10-14-25(3)17-18-29-28(6)16-11-21-30(29,7)8/h10,12,14-15,17-20H,9,11,13,16,21-23H2,1-8H3/b15-10+,18-17+,25-14+,26-19+,27-20+. The Kier molecular flexibility index (Phi) is 12.5. The first kappa shape index (κ1) is 27.2. The van der Waals surface area contributed by atoms with Gasteiger partial charge in [-0.05, 0) is 84.6 Å². The highest BCUT2D eigenvalue weighted by molar-refractivity contribution is 5.37. The summed E-state index contributed by atoms with van der Waals surface area (Å²) in [7, 11) is 0. The Labute approximate surface area is 193 Å². The summed E-state index contributed by atoms with van der Waals surface area (Å²) in [4.78, 5) is 0. The van der Waals surface area contributed by atoms with Gasteiger partial charge in [0.25, 0.3) is 0 Å². The lowest BCUT2D eigenvalue weighted by Gasteiger charge is -2.32. The average Bonchev–Trinajstić information content (AvgIpc) is 2.66. The van der Waals surface area contributed by atoms with Crippen LogP contribution in [-0.4, -0.2) is 13.2 Å². The van der Waals surface area contributed by atoms with E-state index in [-0.39, 0.29) is 0 Å². The number of rotatable bonds is 11. The van der Waals surface area contributed by atoms with Crippen molar-refractivity contribution in [1.82, 2.24) is 0 Å². The zero-order valence-electron chi connectivity index (χ0n) is 21.5. The van der Waals surface area contributed by atoms with E-state index in [0.29, 0.717) is 18.6 Å². The average molecular weight is 423 g/mol. The van der Waals surface area contributed by atoms with Crippen molar-refractivity contribution < 1.29 is 4.74 Å². The molecular weight excluding hydrogens is 376 g/mol. The zero-order chi connectivity index (χ0) is 23.3. The lowest BCUT2D eigenvalue weighted by Crippen LogP contribution is -2.19. The molecule has 0 aromatic rings. The summed E-state index contributed by atoms with van der Waals surface area (Å²) in [6.45, 7) is 19.1. The van der Waals surface area contributed by atoms with Crippen molar-refractivity contribution in [3.05, 3.63) is 82.0 Å². The van der Waals surface area contributed by atoms with Gasteiger partial charge in [0.2, 0.25) is 0 Å². The van der Waals surface area contributed by atoms with Crippen LogP contribution in [0.1, 0.15) is 87.5 Å². The lowest BCUT2D eigenvalue weighted by molar-refractivity contribution is 0.193. The first-order chi connectivity index (χ1) is 14.6. The predicted molar refractivity (Wildman–Crippen MR) is 139 cm³/mol. The molecule has 0 saturated carbocycles. The van der Waals surface area contributed by atoms with Crippen molar-refractivity contribution in [3.8, 4) is 0 Å². The van der Waals surface area contributed by atoms with Crippen LogP contribution in [0.4, 0.5) is 0 Å². The summed E-state index contributed by atoms with van der Waals surface area (Å²) in [6.07, 6.45) is 23.7. The Hall–Kier alpha value is -1.86.